The van der Waals surface area contributed by atoms with Crippen LogP contribution in [0.2, 0.25) is 0 Å². The standard InChI is InChI=1S/C10H22N2/c1-4-11-8-10-6-5-7-12(10)9(2)3/h9-11H,4-8H2,1-3H3. The molecule has 0 radical (unpaired) electrons. The summed E-state index contributed by atoms with van der Waals surface area (Å²) >= 11 is 0. The molecular formula is C10H22N2. The van der Waals surface area contributed by atoms with Gasteiger partial charge in [0.25, 0.3) is 0 Å². The molecule has 1 rings (SSSR count). The van der Waals surface area contributed by atoms with E-state index in [-0.39, 0.29) is 0 Å². The van der Waals surface area contributed by atoms with E-state index >= 15 is 0 Å². The minimum atomic E-state index is 0.719. The Morgan fingerprint density at radius 2 is 2.25 bits per heavy atom. The second kappa shape index (κ2) is 4.83. The van der Waals surface area contributed by atoms with Crippen molar-refractivity contribution in [2.24, 2.45) is 0 Å². The van der Waals surface area contributed by atoms with E-state index in [1.54, 1.807) is 0 Å². The Morgan fingerprint density at radius 1 is 1.50 bits per heavy atom. The van der Waals surface area contributed by atoms with Crippen molar-refractivity contribution in [2.45, 2.75) is 45.7 Å². The summed E-state index contributed by atoms with van der Waals surface area (Å²) in [5.41, 5.74) is 0. The van der Waals surface area contributed by atoms with Gasteiger partial charge in [-0.15, -0.1) is 0 Å². The van der Waals surface area contributed by atoms with Gasteiger partial charge in [0.2, 0.25) is 0 Å². The summed E-state index contributed by atoms with van der Waals surface area (Å²) in [5.74, 6) is 0. The fourth-order valence-electron chi connectivity index (χ4n) is 2.07. The highest BCUT2D eigenvalue weighted by Crippen LogP contribution is 2.18. The number of nitrogens with zero attached hydrogens (tertiary/aromatic N) is 1. The summed E-state index contributed by atoms with van der Waals surface area (Å²) < 4.78 is 0. The molecule has 72 valence electrons. The summed E-state index contributed by atoms with van der Waals surface area (Å²) in [7, 11) is 0. The number of hydrogen-bond donors (Lipinski definition) is 1. The Morgan fingerprint density at radius 3 is 2.83 bits per heavy atom. The highest BCUT2D eigenvalue weighted by atomic mass is 15.2. The molecule has 0 aliphatic carbocycles. The molecule has 0 amide bonds. The predicted molar refractivity (Wildman–Crippen MR) is 53.4 cm³/mol. The van der Waals surface area contributed by atoms with E-state index in [1.807, 2.05) is 0 Å². The minimum Gasteiger partial charge on any atom is -0.315 e. The molecule has 1 N–H and O–H groups in total. The van der Waals surface area contributed by atoms with E-state index in [9.17, 15) is 0 Å². The minimum absolute atomic E-state index is 0.719. The number of likely N-dealkylation sites (N-methyl/N-ethyl adjacent to an activating group) is 1. The van der Waals surface area contributed by atoms with Crippen LogP contribution >= 0.6 is 0 Å². The van der Waals surface area contributed by atoms with Crippen molar-refractivity contribution in [3.8, 4) is 0 Å². The Balaban J connectivity index is 2.30. The van der Waals surface area contributed by atoms with Gasteiger partial charge in [-0.05, 0) is 39.8 Å². The SMILES string of the molecule is CCNCC1CCCN1C(C)C. The summed E-state index contributed by atoms with van der Waals surface area (Å²) in [6.45, 7) is 10.3. The van der Waals surface area contributed by atoms with Crippen LogP contribution < -0.4 is 5.32 Å². The van der Waals surface area contributed by atoms with Crippen LogP contribution in [0.5, 0.6) is 0 Å². The summed E-state index contributed by atoms with van der Waals surface area (Å²) in [6, 6.07) is 1.51. The third-order valence-corrected chi connectivity index (χ3v) is 2.72. The van der Waals surface area contributed by atoms with E-state index in [0.29, 0.717) is 0 Å². The number of likely N-dealkylation sites (tertiary alicyclic amines) is 1. The average Bonchev–Trinajstić information content (AvgIpc) is 2.48. The van der Waals surface area contributed by atoms with Gasteiger partial charge in [0, 0.05) is 18.6 Å². The van der Waals surface area contributed by atoms with Gasteiger partial charge in [-0.25, -0.2) is 0 Å². The van der Waals surface area contributed by atoms with E-state index in [2.05, 4.69) is 31.0 Å². The van der Waals surface area contributed by atoms with Gasteiger partial charge < -0.3 is 5.32 Å². The number of nitrogens with one attached hydrogen (secondary N) is 1. The van der Waals surface area contributed by atoms with Crippen molar-refractivity contribution in [2.75, 3.05) is 19.6 Å². The number of hydrogen-bond acceptors (Lipinski definition) is 2. The van der Waals surface area contributed by atoms with Crippen LogP contribution in [0.4, 0.5) is 0 Å². The highest BCUT2D eigenvalue weighted by Gasteiger charge is 2.25. The van der Waals surface area contributed by atoms with Crippen molar-refractivity contribution in [3.05, 3.63) is 0 Å². The zero-order valence-corrected chi connectivity index (χ0v) is 8.64. The van der Waals surface area contributed by atoms with Gasteiger partial charge in [-0.3, -0.25) is 4.90 Å². The van der Waals surface area contributed by atoms with Crippen molar-refractivity contribution < 1.29 is 0 Å². The average molecular weight is 170 g/mol. The molecule has 1 aliphatic rings. The van der Waals surface area contributed by atoms with Crippen molar-refractivity contribution in [3.63, 3.8) is 0 Å². The third-order valence-electron chi connectivity index (χ3n) is 2.72. The molecule has 0 aromatic carbocycles. The maximum atomic E-state index is 3.43. The molecule has 1 fully saturated rings. The topological polar surface area (TPSA) is 15.3 Å². The van der Waals surface area contributed by atoms with E-state index in [0.717, 1.165) is 18.6 Å². The predicted octanol–water partition coefficient (Wildman–Crippen LogP) is 1.47. The lowest BCUT2D eigenvalue weighted by molar-refractivity contribution is 0.200. The Bertz CT molecular complexity index is 123. The van der Waals surface area contributed by atoms with Gasteiger partial charge in [0.15, 0.2) is 0 Å². The molecule has 2 heteroatoms. The second-order valence-corrected chi connectivity index (χ2v) is 3.94. The molecule has 0 bridgehead atoms. The first-order valence-electron chi connectivity index (χ1n) is 5.22. The third kappa shape index (κ3) is 2.46. The molecule has 12 heavy (non-hydrogen) atoms. The highest BCUT2D eigenvalue weighted by molar-refractivity contribution is 4.82. The fraction of sp³-hybridized carbons (Fsp3) is 1.00. The van der Waals surface area contributed by atoms with Crippen LogP contribution in [0.3, 0.4) is 0 Å². The zero-order chi connectivity index (χ0) is 8.97. The molecule has 0 aromatic rings. The Labute approximate surface area is 76.3 Å². The van der Waals surface area contributed by atoms with E-state index < -0.39 is 0 Å². The molecule has 0 saturated carbocycles. The largest absolute Gasteiger partial charge is 0.315 e. The van der Waals surface area contributed by atoms with Crippen molar-refractivity contribution in [1.29, 1.82) is 0 Å². The molecular weight excluding hydrogens is 148 g/mol. The van der Waals surface area contributed by atoms with E-state index in [1.165, 1.54) is 25.9 Å². The van der Waals surface area contributed by atoms with Crippen molar-refractivity contribution in [1.82, 2.24) is 10.2 Å². The van der Waals surface area contributed by atoms with Crippen molar-refractivity contribution >= 4 is 0 Å². The first-order valence-corrected chi connectivity index (χ1v) is 5.22. The van der Waals surface area contributed by atoms with Crippen LogP contribution in [0.25, 0.3) is 0 Å². The first-order chi connectivity index (χ1) is 5.75. The molecule has 1 unspecified atom stereocenters. The maximum Gasteiger partial charge on any atom is 0.0223 e. The van der Waals surface area contributed by atoms with Crippen LogP contribution in [0.15, 0.2) is 0 Å². The quantitative estimate of drug-likeness (QED) is 0.687. The Kier molecular flexibility index (Phi) is 4.02. The van der Waals surface area contributed by atoms with Gasteiger partial charge >= 0.3 is 0 Å². The van der Waals surface area contributed by atoms with Crippen LogP contribution in [-0.2, 0) is 0 Å². The maximum absolute atomic E-state index is 3.43. The van der Waals surface area contributed by atoms with Crippen LogP contribution in [0.1, 0.15) is 33.6 Å². The lowest BCUT2D eigenvalue weighted by Crippen LogP contribution is -2.41. The molecule has 1 heterocycles. The molecule has 1 saturated heterocycles. The van der Waals surface area contributed by atoms with Crippen LogP contribution in [0, 0.1) is 0 Å². The lowest BCUT2D eigenvalue weighted by atomic mass is 10.2. The van der Waals surface area contributed by atoms with Gasteiger partial charge in [-0.1, -0.05) is 6.92 Å². The zero-order valence-electron chi connectivity index (χ0n) is 8.64. The van der Waals surface area contributed by atoms with Crippen LogP contribution in [-0.4, -0.2) is 36.6 Å². The molecule has 1 atom stereocenters. The normalized spacial score (nSPS) is 25.5. The monoisotopic (exact) mass is 170 g/mol. The molecule has 2 nitrogen and oxygen atoms in total. The first kappa shape index (κ1) is 10.0. The summed E-state index contributed by atoms with van der Waals surface area (Å²) in [4.78, 5) is 2.61. The van der Waals surface area contributed by atoms with Gasteiger partial charge in [0.05, 0.1) is 0 Å². The molecule has 0 aromatic heterocycles. The van der Waals surface area contributed by atoms with Gasteiger partial charge in [0.1, 0.15) is 0 Å². The second-order valence-electron chi connectivity index (χ2n) is 3.94. The summed E-state index contributed by atoms with van der Waals surface area (Å²) in [5, 5.41) is 3.43. The molecule has 0 spiro atoms. The fourth-order valence-corrected chi connectivity index (χ4v) is 2.07. The van der Waals surface area contributed by atoms with Gasteiger partial charge in [-0.2, -0.15) is 0 Å². The number of rotatable bonds is 4. The lowest BCUT2D eigenvalue weighted by Gasteiger charge is -2.28. The van der Waals surface area contributed by atoms with E-state index in [4.69, 9.17) is 0 Å². The smallest absolute Gasteiger partial charge is 0.0223 e. The summed E-state index contributed by atoms with van der Waals surface area (Å²) in [6.07, 6.45) is 2.76. The molecule has 1 aliphatic heterocycles. The Hall–Kier alpha value is -0.0800.